The Bertz CT molecular complexity index is 634. The number of nitrogens with zero attached hydrogens (tertiary/aromatic N) is 2. The second-order valence-corrected chi connectivity index (χ2v) is 5.86. The largest absolute Gasteiger partial charge is 0.385 e. The van der Waals surface area contributed by atoms with Gasteiger partial charge in [0.25, 0.3) is 5.91 Å². The Balaban J connectivity index is 1.82. The first-order valence-corrected chi connectivity index (χ1v) is 7.72. The molecule has 5 nitrogen and oxygen atoms in total. The summed E-state index contributed by atoms with van der Waals surface area (Å²) in [5, 5.41) is 8.68. The van der Waals surface area contributed by atoms with Crippen LogP contribution in [0.2, 0.25) is 0 Å². The van der Waals surface area contributed by atoms with E-state index in [4.69, 9.17) is 4.84 Å². The molecule has 116 valence electrons. The van der Waals surface area contributed by atoms with Gasteiger partial charge in [0.05, 0.1) is 10.6 Å². The van der Waals surface area contributed by atoms with Crippen molar-refractivity contribution in [2.24, 2.45) is 5.16 Å². The van der Waals surface area contributed by atoms with Crippen LogP contribution < -0.4 is 10.2 Å². The minimum absolute atomic E-state index is 0.113. The Hall–Kier alpha value is -2.34. The van der Waals surface area contributed by atoms with Gasteiger partial charge in [0, 0.05) is 25.5 Å². The molecule has 1 aromatic carbocycles. The Labute approximate surface area is 134 Å². The normalized spacial score (nSPS) is 11.1. The lowest BCUT2D eigenvalue weighted by Gasteiger charge is -2.12. The summed E-state index contributed by atoms with van der Waals surface area (Å²) >= 11 is 1.58. The number of rotatable bonds is 6. The van der Waals surface area contributed by atoms with Crippen LogP contribution in [0.4, 0.5) is 11.4 Å². The quantitative estimate of drug-likeness (QED) is 0.657. The van der Waals surface area contributed by atoms with Crippen LogP contribution in [0.5, 0.6) is 0 Å². The predicted molar refractivity (Wildman–Crippen MR) is 91.9 cm³/mol. The number of hydrogen-bond donors (Lipinski definition) is 1. The maximum atomic E-state index is 11.8. The van der Waals surface area contributed by atoms with Crippen molar-refractivity contribution >= 4 is 34.3 Å². The van der Waals surface area contributed by atoms with E-state index in [0.717, 1.165) is 22.0 Å². The van der Waals surface area contributed by atoms with E-state index in [0.29, 0.717) is 0 Å². The van der Waals surface area contributed by atoms with Crippen LogP contribution >= 0.6 is 11.3 Å². The van der Waals surface area contributed by atoms with Crippen molar-refractivity contribution in [3.63, 3.8) is 0 Å². The standard InChI is InChI=1S/C16H19N3O2S/c1-12(15-5-4-10-22-15)18-21-11-16(20)17-13-6-8-14(9-7-13)19(2)3/h4-10H,11H2,1-3H3,(H,17,20). The summed E-state index contributed by atoms with van der Waals surface area (Å²) in [6.07, 6.45) is 0. The zero-order valence-electron chi connectivity index (χ0n) is 12.9. The van der Waals surface area contributed by atoms with Crippen molar-refractivity contribution in [1.29, 1.82) is 0 Å². The number of hydrogen-bond acceptors (Lipinski definition) is 5. The molecule has 0 saturated carbocycles. The van der Waals surface area contributed by atoms with Crippen molar-refractivity contribution in [3.05, 3.63) is 46.7 Å². The first-order valence-electron chi connectivity index (χ1n) is 6.84. The van der Waals surface area contributed by atoms with Gasteiger partial charge < -0.3 is 15.1 Å². The summed E-state index contributed by atoms with van der Waals surface area (Å²) in [6, 6.07) is 11.5. The molecule has 0 atom stereocenters. The first-order chi connectivity index (χ1) is 10.6. The van der Waals surface area contributed by atoms with E-state index in [9.17, 15) is 4.79 Å². The highest BCUT2D eigenvalue weighted by Crippen LogP contribution is 2.15. The molecule has 0 radical (unpaired) electrons. The monoisotopic (exact) mass is 317 g/mol. The Morgan fingerprint density at radius 1 is 1.27 bits per heavy atom. The van der Waals surface area contributed by atoms with Crippen LogP contribution in [-0.4, -0.2) is 32.3 Å². The Morgan fingerprint density at radius 3 is 2.59 bits per heavy atom. The summed E-state index contributed by atoms with van der Waals surface area (Å²) < 4.78 is 0. The van der Waals surface area contributed by atoms with Crippen molar-refractivity contribution in [2.75, 3.05) is 30.9 Å². The lowest BCUT2D eigenvalue weighted by molar-refractivity contribution is -0.120. The maximum absolute atomic E-state index is 11.8. The summed E-state index contributed by atoms with van der Waals surface area (Å²) in [5.74, 6) is -0.236. The molecule has 0 aliphatic heterocycles. The van der Waals surface area contributed by atoms with Crippen LogP contribution in [0.1, 0.15) is 11.8 Å². The van der Waals surface area contributed by atoms with Gasteiger partial charge in [-0.25, -0.2) is 0 Å². The number of anilines is 2. The Kier molecular flexibility index (Phi) is 5.55. The average Bonchev–Trinajstić information content (AvgIpc) is 3.02. The molecule has 1 amide bonds. The van der Waals surface area contributed by atoms with Gasteiger partial charge in [0.2, 0.25) is 0 Å². The van der Waals surface area contributed by atoms with Crippen molar-refractivity contribution < 1.29 is 9.63 Å². The third kappa shape index (κ3) is 4.60. The van der Waals surface area contributed by atoms with Crippen LogP contribution in [0.25, 0.3) is 0 Å². The van der Waals surface area contributed by atoms with E-state index in [1.54, 1.807) is 11.3 Å². The van der Waals surface area contributed by atoms with E-state index in [1.165, 1.54) is 0 Å². The molecular formula is C16H19N3O2S. The molecule has 0 saturated heterocycles. The van der Waals surface area contributed by atoms with E-state index >= 15 is 0 Å². The molecule has 0 aliphatic rings. The number of benzene rings is 1. The van der Waals surface area contributed by atoms with Gasteiger partial charge >= 0.3 is 0 Å². The van der Waals surface area contributed by atoms with Gasteiger partial charge in [-0.15, -0.1) is 11.3 Å². The molecule has 0 spiro atoms. The SMILES string of the molecule is CC(=NOCC(=O)Nc1ccc(N(C)C)cc1)c1cccs1. The van der Waals surface area contributed by atoms with Gasteiger partial charge in [-0.1, -0.05) is 11.2 Å². The molecule has 6 heteroatoms. The smallest absolute Gasteiger partial charge is 0.265 e. The molecule has 1 N–H and O–H groups in total. The zero-order chi connectivity index (χ0) is 15.9. The second kappa shape index (κ2) is 7.61. The summed E-state index contributed by atoms with van der Waals surface area (Å²) in [7, 11) is 3.94. The fraction of sp³-hybridized carbons (Fsp3) is 0.250. The van der Waals surface area contributed by atoms with Crippen molar-refractivity contribution in [3.8, 4) is 0 Å². The van der Waals surface area contributed by atoms with Crippen molar-refractivity contribution in [2.45, 2.75) is 6.92 Å². The topological polar surface area (TPSA) is 53.9 Å². The summed E-state index contributed by atoms with van der Waals surface area (Å²) in [6.45, 7) is 1.74. The number of carbonyl (C=O) groups excluding carboxylic acids is 1. The average molecular weight is 317 g/mol. The van der Waals surface area contributed by atoms with Gasteiger partial charge in [-0.05, 0) is 42.6 Å². The van der Waals surface area contributed by atoms with Crippen LogP contribution in [0.3, 0.4) is 0 Å². The van der Waals surface area contributed by atoms with E-state index in [1.807, 2.05) is 67.7 Å². The van der Waals surface area contributed by atoms with Crippen molar-refractivity contribution in [1.82, 2.24) is 0 Å². The van der Waals surface area contributed by atoms with Crippen LogP contribution in [0.15, 0.2) is 46.9 Å². The number of amides is 1. The third-order valence-electron chi connectivity index (χ3n) is 2.94. The van der Waals surface area contributed by atoms with E-state index < -0.39 is 0 Å². The molecule has 0 bridgehead atoms. The molecule has 0 aliphatic carbocycles. The fourth-order valence-corrected chi connectivity index (χ4v) is 2.43. The summed E-state index contributed by atoms with van der Waals surface area (Å²) in [5.41, 5.74) is 2.57. The molecule has 1 aromatic heterocycles. The molecule has 0 fully saturated rings. The predicted octanol–water partition coefficient (Wildman–Crippen LogP) is 3.19. The highest BCUT2D eigenvalue weighted by Gasteiger charge is 2.04. The molecule has 0 unspecified atom stereocenters. The van der Waals surface area contributed by atoms with Crippen LogP contribution in [-0.2, 0) is 9.63 Å². The van der Waals surface area contributed by atoms with Crippen LogP contribution in [0, 0.1) is 0 Å². The van der Waals surface area contributed by atoms with E-state index in [2.05, 4.69) is 10.5 Å². The van der Waals surface area contributed by atoms with Gasteiger partial charge in [-0.2, -0.15) is 0 Å². The minimum atomic E-state index is -0.236. The lowest BCUT2D eigenvalue weighted by atomic mass is 10.2. The fourth-order valence-electron chi connectivity index (χ4n) is 1.76. The number of nitrogens with one attached hydrogen (secondary N) is 1. The highest BCUT2D eigenvalue weighted by molar-refractivity contribution is 7.12. The molecule has 2 aromatic rings. The van der Waals surface area contributed by atoms with Gasteiger partial charge in [0.1, 0.15) is 0 Å². The number of oxime groups is 1. The van der Waals surface area contributed by atoms with Gasteiger partial charge in [-0.3, -0.25) is 4.79 Å². The zero-order valence-corrected chi connectivity index (χ0v) is 13.7. The molecule has 2 rings (SSSR count). The summed E-state index contributed by atoms with van der Waals surface area (Å²) in [4.78, 5) is 19.9. The lowest BCUT2D eigenvalue weighted by Crippen LogP contribution is -2.17. The number of carbonyl (C=O) groups is 1. The third-order valence-corrected chi connectivity index (χ3v) is 3.92. The highest BCUT2D eigenvalue weighted by atomic mass is 32.1. The Morgan fingerprint density at radius 2 is 2.00 bits per heavy atom. The minimum Gasteiger partial charge on any atom is -0.385 e. The molecule has 1 heterocycles. The first kappa shape index (κ1) is 16.0. The van der Waals surface area contributed by atoms with Gasteiger partial charge in [0.15, 0.2) is 6.61 Å². The maximum Gasteiger partial charge on any atom is 0.265 e. The molecule has 22 heavy (non-hydrogen) atoms. The number of thiophene rings is 1. The van der Waals surface area contributed by atoms with E-state index in [-0.39, 0.29) is 12.5 Å². The second-order valence-electron chi connectivity index (χ2n) is 4.92. The molecular weight excluding hydrogens is 298 g/mol.